The fourth-order valence-electron chi connectivity index (χ4n) is 1.75. The van der Waals surface area contributed by atoms with Crippen molar-refractivity contribution in [2.75, 3.05) is 18.5 Å². The first-order chi connectivity index (χ1) is 8.20. The molecule has 1 aromatic carbocycles. The third-order valence-corrected chi connectivity index (χ3v) is 2.58. The second-order valence-electron chi connectivity index (χ2n) is 4.05. The van der Waals surface area contributed by atoms with Crippen molar-refractivity contribution in [3.63, 3.8) is 0 Å². The number of benzene rings is 1. The number of para-hydroxylation sites is 1. The molecule has 0 aliphatic rings. The van der Waals surface area contributed by atoms with Crippen LogP contribution in [0.5, 0.6) is 0 Å². The molecular weight excluding hydrogens is 216 g/mol. The Morgan fingerprint density at radius 2 is 2.12 bits per heavy atom. The Kier molecular flexibility index (Phi) is 3.56. The van der Waals surface area contributed by atoms with Gasteiger partial charge < -0.3 is 15.5 Å². The van der Waals surface area contributed by atoms with E-state index < -0.39 is 6.10 Å². The molecule has 0 bridgehead atoms. The zero-order chi connectivity index (χ0) is 12.3. The van der Waals surface area contributed by atoms with Crippen LogP contribution in [0.15, 0.2) is 30.3 Å². The Labute approximate surface area is 99.9 Å². The number of nitrogens with zero attached hydrogens (tertiary/aromatic N) is 1. The predicted octanol–water partition coefficient (Wildman–Crippen LogP) is 1.31. The average molecular weight is 232 g/mol. The first-order valence-corrected chi connectivity index (χ1v) is 5.60. The van der Waals surface area contributed by atoms with Crippen molar-refractivity contribution in [1.29, 1.82) is 0 Å². The van der Waals surface area contributed by atoms with Crippen LogP contribution in [0.1, 0.15) is 5.69 Å². The van der Waals surface area contributed by atoms with Gasteiger partial charge in [0.15, 0.2) is 0 Å². The van der Waals surface area contributed by atoms with E-state index in [1.165, 1.54) is 0 Å². The highest BCUT2D eigenvalue weighted by molar-refractivity contribution is 5.91. The fraction of sp³-hybridized carbons (Fsp3) is 0.308. The number of nitrogens with one attached hydrogen (secondary N) is 1. The van der Waals surface area contributed by atoms with Crippen LogP contribution in [0.4, 0.5) is 5.69 Å². The molecule has 17 heavy (non-hydrogen) atoms. The predicted molar refractivity (Wildman–Crippen MR) is 68.1 cm³/mol. The van der Waals surface area contributed by atoms with Gasteiger partial charge in [0.25, 0.3) is 0 Å². The monoisotopic (exact) mass is 232 g/mol. The first-order valence-electron chi connectivity index (χ1n) is 5.60. The topological polar surface area (TPSA) is 65.4 Å². The molecule has 4 heteroatoms. The van der Waals surface area contributed by atoms with Crippen LogP contribution in [-0.4, -0.2) is 34.5 Å². The lowest BCUT2D eigenvalue weighted by atomic mass is 10.1. The molecule has 0 saturated heterocycles. The molecule has 0 spiro atoms. The molecule has 0 fully saturated rings. The third-order valence-electron chi connectivity index (χ3n) is 2.58. The minimum absolute atomic E-state index is 0.241. The van der Waals surface area contributed by atoms with Crippen LogP contribution in [-0.2, 0) is 0 Å². The molecule has 4 nitrogen and oxygen atoms in total. The standard InChI is InChI=1S/C13H16N2O2/c1-9-6-13(14-7-10(17)8-16)11-4-2-3-5-12(11)15-9/h2-6,10,16-17H,7-8H2,1H3,(H,14,15). The number of aliphatic hydroxyl groups excluding tert-OH is 2. The van der Waals surface area contributed by atoms with Gasteiger partial charge in [-0.05, 0) is 19.1 Å². The van der Waals surface area contributed by atoms with Crippen LogP contribution < -0.4 is 5.32 Å². The summed E-state index contributed by atoms with van der Waals surface area (Å²) in [6, 6.07) is 9.77. The fourth-order valence-corrected chi connectivity index (χ4v) is 1.75. The highest BCUT2D eigenvalue weighted by Gasteiger charge is 2.05. The van der Waals surface area contributed by atoms with Crippen molar-refractivity contribution >= 4 is 16.6 Å². The van der Waals surface area contributed by atoms with Gasteiger partial charge in [-0.15, -0.1) is 0 Å². The molecule has 2 aromatic rings. The van der Waals surface area contributed by atoms with Crippen molar-refractivity contribution in [3.05, 3.63) is 36.0 Å². The third kappa shape index (κ3) is 2.72. The average Bonchev–Trinajstić information content (AvgIpc) is 2.35. The summed E-state index contributed by atoms with van der Waals surface area (Å²) in [5.74, 6) is 0. The van der Waals surface area contributed by atoms with Gasteiger partial charge in [0.2, 0.25) is 0 Å². The second kappa shape index (κ2) is 5.12. The van der Waals surface area contributed by atoms with E-state index in [9.17, 15) is 5.11 Å². The van der Waals surface area contributed by atoms with E-state index >= 15 is 0 Å². The van der Waals surface area contributed by atoms with E-state index in [2.05, 4.69) is 10.3 Å². The minimum Gasteiger partial charge on any atom is -0.394 e. The molecule has 0 aliphatic carbocycles. The van der Waals surface area contributed by atoms with Crippen molar-refractivity contribution in [3.8, 4) is 0 Å². The SMILES string of the molecule is Cc1cc(NCC(O)CO)c2ccccc2n1. The molecule has 0 radical (unpaired) electrons. The summed E-state index contributed by atoms with van der Waals surface area (Å²) in [6.07, 6.45) is -0.748. The van der Waals surface area contributed by atoms with Crippen LogP contribution in [0.25, 0.3) is 10.9 Å². The molecule has 1 atom stereocenters. The number of anilines is 1. The number of fused-ring (bicyclic) bond motifs is 1. The van der Waals surface area contributed by atoms with Crippen LogP contribution in [0.2, 0.25) is 0 Å². The largest absolute Gasteiger partial charge is 0.394 e. The van der Waals surface area contributed by atoms with Crippen LogP contribution in [0.3, 0.4) is 0 Å². The number of aromatic nitrogens is 1. The van der Waals surface area contributed by atoms with Gasteiger partial charge in [-0.1, -0.05) is 18.2 Å². The quantitative estimate of drug-likeness (QED) is 0.743. The Hall–Kier alpha value is -1.65. The number of pyridine rings is 1. The lowest BCUT2D eigenvalue weighted by Gasteiger charge is -2.13. The summed E-state index contributed by atoms with van der Waals surface area (Å²) in [4.78, 5) is 4.43. The first kappa shape index (κ1) is 11.8. The maximum atomic E-state index is 9.33. The van der Waals surface area contributed by atoms with E-state index in [0.29, 0.717) is 6.54 Å². The minimum atomic E-state index is -0.748. The Bertz CT molecular complexity index is 514. The van der Waals surface area contributed by atoms with Gasteiger partial charge in [-0.25, -0.2) is 0 Å². The second-order valence-corrected chi connectivity index (χ2v) is 4.05. The molecule has 90 valence electrons. The van der Waals surface area contributed by atoms with Gasteiger partial charge in [-0.3, -0.25) is 4.98 Å². The lowest BCUT2D eigenvalue weighted by molar-refractivity contribution is 0.105. The summed E-state index contributed by atoms with van der Waals surface area (Å²) in [5, 5.41) is 22.3. The number of aliphatic hydroxyl groups is 2. The zero-order valence-corrected chi connectivity index (χ0v) is 9.72. The van der Waals surface area contributed by atoms with E-state index in [-0.39, 0.29) is 6.61 Å². The van der Waals surface area contributed by atoms with Crippen molar-refractivity contribution in [2.24, 2.45) is 0 Å². The van der Waals surface area contributed by atoms with E-state index in [4.69, 9.17) is 5.11 Å². The maximum Gasteiger partial charge on any atom is 0.0942 e. The van der Waals surface area contributed by atoms with Gasteiger partial charge in [-0.2, -0.15) is 0 Å². The number of hydrogen-bond acceptors (Lipinski definition) is 4. The van der Waals surface area contributed by atoms with Gasteiger partial charge in [0.1, 0.15) is 0 Å². The summed E-state index contributed by atoms with van der Waals surface area (Å²) in [7, 11) is 0. The summed E-state index contributed by atoms with van der Waals surface area (Å²) in [6.45, 7) is 2.01. The van der Waals surface area contributed by atoms with E-state index in [1.807, 2.05) is 37.3 Å². The molecule has 1 aromatic heterocycles. The van der Waals surface area contributed by atoms with Crippen molar-refractivity contribution in [1.82, 2.24) is 4.98 Å². The molecule has 0 saturated carbocycles. The van der Waals surface area contributed by atoms with E-state index in [1.54, 1.807) is 0 Å². The summed E-state index contributed by atoms with van der Waals surface area (Å²) >= 11 is 0. The Balaban J connectivity index is 2.32. The smallest absolute Gasteiger partial charge is 0.0942 e. The molecule has 3 N–H and O–H groups in total. The Morgan fingerprint density at radius 3 is 2.88 bits per heavy atom. The summed E-state index contributed by atoms with van der Waals surface area (Å²) < 4.78 is 0. The zero-order valence-electron chi connectivity index (χ0n) is 9.72. The molecule has 2 rings (SSSR count). The van der Waals surface area contributed by atoms with Crippen molar-refractivity contribution < 1.29 is 10.2 Å². The highest BCUT2D eigenvalue weighted by Crippen LogP contribution is 2.22. The van der Waals surface area contributed by atoms with Gasteiger partial charge in [0.05, 0.1) is 18.2 Å². The number of hydrogen-bond donors (Lipinski definition) is 3. The van der Waals surface area contributed by atoms with E-state index in [0.717, 1.165) is 22.3 Å². The normalized spacial score (nSPS) is 12.6. The Morgan fingerprint density at radius 1 is 1.35 bits per heavy atom. The van der Waals surface area contributed by atoms with Crippen LogP contribution >= 0.6 is 0 Å². The molecular formula is C13H16N2O2. The molecule has 0 aliphatic heterocycles. The molecule has 1 heterocycles. The number of rotatable bonds is 4. The summed E-state index contributed by atoms with van der Waals surface area (Å²) in [5.41, 5.74) is 2.78. The number of aryl methyl sites for hydroxylation is 1. The lowest BCUT2D eigenvalue weighted by Crippen LogP contribution is -2.23. The van der Waals surface area contributed by atoms with Crippen LogP contribution in [0, 0.1) is 6.92 Å². The molecule has 1 unspecified atom stereocenters. The highest BCUT2D eigenvalue weighted by atomic mass is 16.3. The maximum absolute atomic E-state index is 9.33. The van der Waals surface area contributed by atoms with Crippen molar-refractivity contribution in [2.45, 2.75) is 13.0 Å². The van der Waals surface area contributed by atoms with Gasteiger partial charge in [0, 0.05) is 23.3 Å². The van der Waals surface area contributed by atoms with Gasteiger partial charge >= 0.3 is 0 Å². The molecule has 0 amide bonds.